The van der Waals surface area contributed by atoms with Crippen LogP contribution in [0.1, 0.15) is 16.5 Å². The molecule has 0 spiro atoms. The van der Waals surface area contributed by atoms with Gasteiger partial charge >= 0.3 is 0 Å². The highest BCUT2D eigenvalue weighted by molar-refractivity contribution is 7.17. The van der Waals surface area contributed by atoms with Crippen molar-refractivity contribution in [1.29, 1.82) is 0 Å². The second kappa shape index (κ2) is 8.16. The maximum Gasteiger partial charge on any atom is 0.230 e. The fourth-order valence-corrected chi connectivity index (χ4v) is 5.17. The zero-order chi connectivity index (χ0) is 21.4. The molecule has 160 valence electrons. The predicted molar refractivity (Wildman–Crippen MR) is 118 cm³/mol. The van der Waals surface area contributed by atoms with Crippen molar-refractivity contribution >= 4 is 22.0 Å². The van der Waals surface area contributed by atoms with Gasteiger partial charge in [-0.15, -0.1) is 0 Å². The van der Waals surface area contributed by atoms with Gasteiger partial charge in [-0.25, -0.2) is 9.37 Å². The molecule has 7 nitrogen and oxygen atoms in total. The summed E-state index contributed by atoms with van der Waals surface area (Å²) in [6.45, 7) is 3.26. The molecule has 9 heteroatoms. The third-order valence-corrected chi connectivity index (χ3v) is 6.78. The van der Waals surface area contributed by atoms with E-state index in [2.05, 4.69) is 32.0 Å². The first kappa shape index (κ1) is 19.8. The third-order valence-electron chi connectivity index (χ3n) is 5.69. The topological polar surface area (TPSA) is 66.1 Å². The molecule has 31 heavy (non-hydrogen) atoms. The number of methoxy groups -OCH3 is 1. The van der Waals surface area contributed by atoms with Gasteiger partial charge in [0.05, 0.1) is 18.0 Å². The van der Waals surface area contributed by atoms with Crippen molar-refractivity contribution in [2.75, 3.05) is 38.2 Å². The van der Waals surface area contributed by atoms with Crippen LogP contribution in [0.25, 0.3) is 4.96 Å². The minimum Gasteiger partial charge on any atom is -0.497 e. The summed E-state index contributed by atoms with van der Waals surface area (Å²) in [5.41, 5.74) is 2.08. The van der Waals surface area contributed by atoms with E-state index in [0.717, 1.165) is 48.1 Å². The number of benzene rings is 2. The molecular weight excluding hydrogens is 417 g/mol. The van der Waals surface area contributed by atoms with Crippen molar-refractivity contribution in [3.63, 3.8) is 0 Å². The van der Waals surface area contributed by atoms with Gasteiger partial charge in [-0.2, -0.15) is 9.61 Å². The molecule has 0 saturated carbocycles. The van der Waals surface area contributed by atoms with Crippen molar-refractivity contribution < 1.29 is 14.2 Å². The zero-order valence-corrected chi connectivity index (χ0v) is 17.8. The van der Waals surface area contributed by atoms with E-state index < -0.39 is 0 Å². The molecule has 4 aromatic rings. The molecule has 1 aliphatic heterocycles. The number of fused-ring (bicyclic) bond motifs is 1. The summed E-state index contributed by atoms with van der Waals surface area (Å²) in [4.78, 5) is 10.3. The van der Waals surface area contributed by atoms with Gasteiger partial charge in [-0.05, 0) is 42.0 Å². The Morgan fingerprint density at radius 2 is 1.74 bits per heavy atom. The smallest absolute Gasteiger partial charge is 0.230 e. The first-order valence-corrected chi connectivity index (χ1v) is 10.9. The summed E-state index contributed by atoms with van der Waals surface area (Å²) in [6.07, 6.45) is 1.43. The molecule has 0 aliphatic carbocycles. The number of piperazine rings is 1. The molecule has 0 unspecified atom stereocenters. The molecule has 1 aliphatic rings. The third kappa shape index (κ3) is 3.70. The van der Waals surface area contributed by atoms with Gasteiger partial charge < -0.3 is 14.7 Å². The Hall–Kier alpha value is -3.17. The number of rotatable bonds is 5. The highest BCUT2D eigenvalue weighted by Gasteiger charge is 2.31. The maximum atomic E-state index is 13.6. The van der Waals surface area contributed by atoms with Gasteiger partial charge in [-0.3, -0.25) is 4.90 Å². The lowest BCUT2D eigenvalue weighted by Crippen LogP contribution is -2.47. The number of thiazole rings is 1. The minimum absolute atomic E-state index is 0.0874. The summed E-state index contributed by atoms with van der Waals surface area (Å²) >= 11 is 1.41. The Balaban J connectivity index is 1.42. The lowest BCUT2D eigenvalue weighted by molar-refractivity contribution is 0.211. The van der Waals surface area contributed by atoms with E-state index in [-0.39, 0.29) is 17.7 Å². The van der Waals surface area contributed by atoms with E-state index >= 15 is 0 Å². The average Bonchev–Trinajstić information content (AvgIpc) is 3.39. The van der Waals surface area contributed by atoms with Gasteiger partial charge in [0.1, 0.15) is 17.9 Å². The molecule has 1 saturated heterocycles. The highest BCUT2D eigenvalue weighted by Crippen LogP contribution is 2.40. The Kier molecular flexibility index (Phi) is 5.21. The van der Waals surface area contributed by atoms with Crippen molar-refractivity contribution in [3.05, 3.63) is 71.1 Å². The quantitative estimate of drug-likeness (QED) is 0.513. The molecule has 2 aromatic carbocycles. The van der Waals surface area contributed by atoms with Crippen LogP contribution in [0.4, 0.5) is 10.1 Å². The van der Waals surface area contributed by atoms with Gasteiger partial charge in [0.15, 0.2) is 0 Å². The molecule has 3 heterocycles. The number of aromatic hydroxyl groups is 1. The lowest BCUT2D eigenvalue weighted by atomic mass is 10.0. The maximum absolute atomic E-state index is 13.6. The van der Waals surface area contributed by atoms with Crippen LogP contribution >= 0.6 is 11.3 Å². The summed E-state index contributed by atoms with van der Waals surface area (Å²) in [6, 6.07) is 14.4. The summed E-state index contributed by atoms with van der Waals surface area (Å²) < 4.78 is 20.3. The fraction of sp³-hybridized carbons (Fsp3) is 0.273. The van der Waals surface area contributed by atoms with Crippen molar-refractivity contribution in [3.8, 4) is 11.6 Å². The van der Waals surface area contributed by atoms with E-state index in [1.807, 2.05) is 12.1 Å². The standard InChI is InChI=1S/C22H22FN5O2S/c1-30-18-8-6-17(7-9-18)26-10-12-27(13-11-26)19(15-2-4-16(23)5-3-15)20-21(29)28-22(31-20)24-14-25-28/h2-9,14,19,29H,10-13H2,1H3/t19-/m1/s1. The number of hydrogen-bond donors (Lipinski definition) is 1. The predicted octanol–water partition coefficient (Wildman–Crippen LogP) is 3.56. The van der Waals surface area contributed by atoms with Gasteiger partial charge in [0.2, 0.25) is 10.8 Å². The molecule has 0 radical (unpaired) electrons. The fourth-order valence-electron chi connectivity index (χ4n) is 4.08. The Morgan fingerprint density at radius 3 is 2.39 bits per heavy atom. The Labute approximate surface area is 182 Å². The molecule has 0 bridgehead atoms. The van der Waals surface area contributed by atoms with Crippen LogP contribution in [0.15, 0.2) is 54.9 Å². The van der Waals surface area contributed by atoms with E-state index in [1.165, 1.54) is 34.3 Å². The van der Waals surface area contributed by atoms with Crippen molar-refractivity contribution in [2.45, 2.75) is 6.04 Å². The number of ether oxygens (including phenoxy) is 1. The van der Waals surface area contributed by atoms with Crippen LogP contribution < -0.4 is 9.64 Å². The molecular formula is C22H22FN5O2S. The highest BCUT2D eigenvalue weighted by atomic mass is 32.1. The Bertz CT molecular complexity index is 1170. The minimum atomic E-state index is -0.279. The second-order valence-electron chi connectivity index (χ2n) is 7.42. The molecule has 5 rings (SSSR count). The zero-order valence-electron chi connectivity index (χ0n) is 17.0. The van der Waals surface area contributed by atoms with Crippen LogP contribution in [0.2, 0.25) is 0 Å². The molecule has 1 atom stereocenters. The van der Waals surface area contributed by atoms with E-state index in [0.29, 0.717) is 4.96 Å². The van der Waals surface area contributed by atoms with Crippen LogP contribution in [-0.4, -0.2) is 57.9 Å². The number of anilines is 1. The van der Waals surface area contributed by atoms with Crippen molar-refractivity contribution in [1.82, 2.24) is 19.5 Å². The lowest BCUT2D eigenvalue weighted by Gasteiger charge is -2.40. The van der Waals surface area contributed by atoms with E-state index in [4.69, 9.17) is 4.74 Å². The summed E-state index contributed by atoms with van der Waals surface area (Å²) in [7, 11) is 1.66. The van der Waals surface area contributed by atoms with Gasteiger partial charge in [0.25, 0.3) is 0 Å². The molecule has 1 fully saturated rings. The number of hydrogen-bond acceptors (Lipinski definition) is 7. The number of aromatic nitrogens is 3. The Morgan fingerprint density at radius 1 is 1.03 bits per heavy atom. The first-order valence-electron chi connectivity index (χ1n) is 10.0. The van der Waals surface area contributed by atoms with Crippen LogP contribution in [0.5, 0.6) is 11.6 Å². The summed E-state index contributed by atoms with van der Waals surface area (Å²) in [5.74, 6) is 0.647. The normalized spacial score (nSPS) is 16.0. The van der Waals surface area contributed by atoms with Crippen molar-refractivity contribution in [2.24, 2.45) is 0 Å². The van der Waals surface area contributed by atoms with Gasteiger partial charge in [-0.1, -0.05) is 23.5 Å². The van der Waals surface area contributed by atoms with Crippen LogP contribution in [-0.2, 0) is 0 Å². The number of halogens is 1. The molecule has 2 aromatic heterocycles. The SMILES string of the molecule is COc1ccc(N2CCN([C@H](c3ccc(F)cc3)c3sc4ncnn4c3O)CC2)cc1. The van der Waals surface area contributed by atoms with Crippen LogP contribution in [0, 0.1) is 5.82 Å². The molecule has 0 amide bonds. The average molecular weight is 440 g/mol. The summed E-state index contributed by atoms with van der Waals surface area (Å²) in [5, 5.41) is 14.9. The van der Waals surface area contributed by atoms with Gasteiger partial charge in [0, 0.05) is 31.9 Å². The van der Waals surface area contributed by atoms with E-state index in [9.17, 15) is 9.50 Å². The largest absolute Gasteiger partial charge is 0.497 e. The first-order chi connectivity index (χ1) is 15.1. The monoisotopic (exact) mass is 439 g/mol. The number of nitrogens with zero attached hydrogens (tertiary/aromatic N) is 5. The van der Waals surface area contributed by atoms with E-state index in [1.54, 1.807) is 19.2 Å². The second-order valence-corrected chi connectivity index (χ2v) is 8.43. The molecule has 1 N–H and O–H groups in total. The van der Waals surface area contributed by atoms with Crippen LogP contribution in [0.3, 0.4) is 0 Å².